The van der Waals surface area contributed by atoms with Crippen molar-refractivity contribution >= 4 is 29.6 Å². The fourth-order valence-corrected chi connectivity index (χ4v) is 1.02. The highest BCUT2D eigenvalue weighted by Gasteiger charge is 2.04. The molecule has 0 spiro atoms. The highest BCUT2D eigenvalue weighted by atomic mass is 35.5. The molecule has 68 valence electrons. The summed E-state index contributed by atoms with van der Waals surface area (Å²) in [6.45, 7) is 0. The summed E-state index contributed by atoms with van der Waals surface area (Å²) in [5.74, 6) is -0.564. The van der Waals surface area contributed by atoms with Gasteiger partial charge < -0.3 is 11.1 Å². The van der Waals surface area contributed by atoms with E-state index in [0.717, 1.165) is 0 Å². The standard InChI is InChI=1S/C8H7ClN2O2/c9-6-2-1-5(8(10)13)3-7(6)11-4-12/h1-4H,(H2,10,13)(H,11,12). The Kier molecular flexibility index (Phi) is 2.87. The summed E-state index contributed by atoms with van der Waals surface area (Å²) >= 11 is 5.71. The van der Waals surface area contributed by atoms with E-state index in [9.17, 15) is 9.59 Å². The molecule has 1 aromatic carbocycles. The lowest BCUT2D eigenvalue weighted by Crippen LogP contribution is -2.11. The summed E-state index contributed by atoms with van der Waals surface area (Å²) in [6, 6.07) is 4.40. The number of primary amides is 1. The molecule has 0 aromatic heterocycles. The molecule has 5 heteroatoms. The van der Waals surface area contributed by atoms with Crippen molar-refractivity contribution in [2.24, 2.45) is 5.73 Å². The first-order valence-corrected chi connectivity index (χ1v) is 3.82. The quantitative estimate of drug-likeness (QED) is 0.712. The van der Waals surface area contributed by atoms with Gasteiger partial charge in [-0.1, -0.05) is 11.6 Å². The minimum absolute atomic E-state index is 0.300. The number of hydrogen-bond acceptors (Lipinski definition) is 2. The van der Waals surface area contributed by atoms with Gasteiger partial charge in [-0.15, -0.1) is 0 Å². The maximum atomic E-state index is 10.7. The molecule has 4 nitrogen and oxygen atoms in total. The minimum atomic E-state index is -0.564. The maximum absolute atomic E-state index is 10.7. The van der Waals surface area contributed by atoms with Crippen molar-refractivity contribution in [1.29, 1.82) is 0 Å². The Bertz CT molecular complexity index is 352. The molecule has 0 atom stereocenters. The van der Waals surface area contributed by atoms with E-state index in [4.69, 9.17) is 17.3 Å². The Morgan fingerprint density at radius 3 is 2.77 bits per heavy atom. The van der Waals surface area contributed by atoms with Crippen LogP contribution in [-0.4, -0.2) is 12.3 Å². The lowest BCUT2D eigenvalue weighted by atomic mass is 10.2. The van der Waals surface area contributed by atoms with E-state index in [1.807, 2.05) is 0 Å². The van der Waals surface area contributed by atoms with Crippen LogP contribution in [0.1, 0.15) is 10.4 Å². The third kappa shape index (κ3) is 2.19. The first-order valence-electron chi connectivity index (χ1n) is 3.44. The van der Waals surface area contributed by atoms with Crippen molar-refractivity contribution in [3.8, 4) is 0 Å². The van der Waals surface area contributed by atoms with Gasteiger partial charge >= 0.3 is 0 Å². The van der Waals surface area contributed by atoms with Gasteiger partial charge in [-0.25, -0.2) is 0 Å². The fraction of sp³-hybridized carbons (Fsp3) is 0. The topological polar surface area (TPSA) is 72.2 Å². The first-order chi connectivity index (χ1) is 6.15. The normalized spacial score (nSPS) is 9.31. The van der Waals surface area contributed by atoms with Gasteiger partial charge in [0.2, 0.25) is 12.3 Å². The molecule has 0 aliphatic carbocycles. The lowest BCUT2D eigenvalue weighted by Gasteiger charge is -2.03. The summed E-state index contributed by atoms with van der Waals surface area (Å²) in [5.41, 5.74) is 5.70. The zero-order valence-corrected chi connectivity index (χ0v) is 7.34. The predicted molar refractivity (Wildman–Crippen MR) is 49.7 cm³/mol. The zero-order valence-electron chi connectivity index (χ0n) is 6.58. The second-order valence-corrected chi connectivity index (χ2v) is 2.73. The van der Waals surface area contributed by atoms with Gasteiger partial charge in [0.1, 0.15) is 0 Å². The van der Waals surface area contributed by atoms with Crippen LogP contribution in [0.3, 0.4) is 0 Å². The number of amides is 2. The van der Waals surface area contributed by atoms with Crippen LogP contribution in [0.4, 0.5) is 5.69 Å². The van der Waals surface area contributed by atoms with Gasteiger partial charge in [-0.2, -0.15) is 0 Å². The van der Waals surface area contributed by atoms with Gasteiger partial charge in [0.25, 0.3) is 0 Å². The van der Waals surface area contributed by atoms with Gasteiger partial charge in [0.15, 0.2) is 0 Å². The molecule has 1 rings (SSSR count). The molecular formula is C8H7ClN2O2. The van der Waals surface area contributed by atoms with Crippen LogP contribution < -0.4 is 11.1 Å². The van der Waals surface area contributed by atoms with Crippen LogP contribution in [0.5, 0.6) is 0 Å². The molecule has 13 heavy (non-hydrogen) atoms. The molecule has 0 unspecified atom stereocenters. The van der Waals surface area contributed by atoms with Crippen LogP contribution in [0.15, 0.2) is 18.2 Å². The summed E-state index contributed by atoms with van der Waals surface area (Å²) in [7, 11) is 0. The van der Waals surface area contributed by atoms with Crippen molar-refractivity contribution in [2.75, 3.05) is 5.32 Å². The second kappa shape index (κ2) is 3.91. The van der Waals surface area contributed by atoms with E-state index in [1.54, 1.807) is 0 Å². The SMILES string of the molecule is NC(=O)c1ccc(Cl)c(NC=O)c1. The fourth-order valence-electron chi connectivity index (χ4n) is 0.853. The van der Waals surface area contributed by atoms with Crippen molar-refractivity contribution < 1.29 is 9.59 Å². The Labute approximate surface area is 79.7 Å². The van der Waals surface area contributed by atoms with Gasteiger partial charge in [-0.3, -0.25) is 9.59 Å². The summed E-state index contributed by atoms with van der Waals surface area (Å²) < 4.78 is 0. The number of hydrogen-bond donors (Lipinski definition) is 2. The van der Waals surface area contributed by atoms with E-state index in [2.05, 4.69) is 5.32 Å². The summed E-state index contributed by atoms with van der Waals surface area (Å²) in [4.78, 5) is 20.9. The predicted octanol–water partition coefficient (Wildman–Crippen LogP) is 1.01. The number of nitrogens with one attached hydrogen (secondary N) is 1. The van der Waals surface area contributed by atoms with Crippen molar-refractivity contribution in [3.63, 3.8) is 0 Å². The third-order valence-corrected chi connectivity index (χ3v) is 1.79. The molecule has 0 saturated carbocycles. The van der Waals surface area contributed by atoms with Gasteiger partial charge in [-0.05, 0) is 18.2 Å². The molecule has 0 aliphatic heterocycles. The second-order valence-electron chi connectivity index (χ2n) is 2.32. The number of halogens is 1. The van der Waals surface area contributed by atoms with Gasteiger partial charge in [0, 0.05) is 5.56 Å². The van der Waals surface area contributed by atoms with Crippen LogP contribution in [0.2, 0.25) is 5.02 Å². The average molecular weight is 199 g/mol. The summed E-state index contributed by atoms with van der Waals surface area (Å²) in [6.07, 6.45) is 0.478. The summed E-state index contributed by atoms with van der Waals surface area (Å²) in [5, 5.41) is 2.71. The van der Waals surface area contributed by atoms with E-state index in [-0.39, 0.29) is 0 Å². The molecule has 0 heterocycles. The number of nitrogens with two attached hydrogens (primary N) is 1. The zero-order chi connectivity index (χ0) is 9.84. The monoisotopic (exact) mass is 198 g/mol. The maximum Gasteiger partial charge on any atom is 0.248 e. The van der Waals surface area contributed by atoms with Gasteiger partial charge in [0.05, 0.1) is 10.7 Å². The number of anilines is 1. The van der Waals surface area contributed by atoms with E-state index in [1.165, 1.54) is 18.2 Å². The highest BCUT2D eigenvalue weighted by molar-refractivity contribution is 6.33. The Morgan fingerprint density at radius 1 is 1.54 bits per heavy atom. The van der Waals surface area contributed by atoms with Crippen molar-refractivity contribution in [2.45, 2.75) is 0 Å². The highest BCUT2D eigenvalue weighted by Crippen LogP contribution is 2.21. The molecule has 2 amide bonds. The largest absolute Gasteiger partial charge is 0.366 e. The van der Waals surface area contributed by atoms with E-state index < -0.39 is 5.91 Å². The van der Waals surface area contributed by atoms with Crippen molar-refractivity contribution in [3.05, 3.63) is 28.8 Å². The molecule has 0 saturated heterocycles. The Hall–Kier alpha value is -1.55. The number of benzene rings is 1. The van der Waals surface area contributed by atoms with E-state index in [0.29, 0.717) is 22.7 Å². The molecule has 0 fully saturated rings. The smallest absolute Gasteiger partial charge is 0.248 e. The van der Waals surface area contributed by atoms with Crippen LogP contribution in [0.25, 0.3) is 0 Å². The molecule has 3 N–H and O–H groups in total. The van der Waals surface area contributed by atoms with Crippen LogP contribution in [0, 0.1) is 0 Å². The Morgan fingerprint density at radius 2 is 2.23 bits per heavy atom. The van der Waals surface area contributed by atoms with Crippen LogP contribution >= 0.6 is 11.6 Å². The van der Waals surface area contributed by atoms with Crippen LogP contribution in [-0.2, 0) is 4.79 Å². The number of rotatable bonds is 3. The minimum Gasteiger partial charge on any atom is -0.366 e. The first kappa shape index (κ1) is 9.54. The number of carbonyl (C=O) groups excluding carboxylic acids is 2. The number of carbonyl (C=O) groups is 2. The van der Waals surface area contributed by atoms with Crippen molar-refractivity contribution in [1.82, 2.24) is 0 Å². The average Bonchev–Trinajstić information content (AvgIpc) is 2.08. The molecule has 0 aliphatic rings. The third-order valence-electron chi connectivity index (χ3n) is 1.47. The molecule has 1 aromatic rings. The van der Waals surface area contributed by atoms with E-state index >= 15 is 0 Å². The molecule has 0 bridgehead atoms. The molecule has 0 radical (unpaired) electrons. The Balaban J connectivity index is 3.10. The lowest BCUT2D eigenvalue weighted by molar-refractivity contribution is -0.105. The molecular weight excluding hydrogens is 192 g/mol.